The molecule has 1 atom stereocenters. The van der Waals surface area contributed by atoms with E-state index in [1.54, 1.807) is 12.3 Å². The highest BCUT2D eigenvalue weighted by Crippen LogP contribution is 2.40. The fraction of sp³-hybridized carbons (Fsp3) is 0.176. The topological polar surface area (TPSA) is 82.2 Å². The van der Waals surface area contributed by atoms with Gasteiger partial charge in [-0.05, 0) is 18.1 Å². The number of aliphatic carboxylic acids is 1. The van der Waals surface area contributed by atoms with E-state index in [0.29, 0.717) is 23.4 Å². The van der Waals surface area contributed by atoms with Crippen molar-refractivity contribution in [3.63, 3.8) is 0 Å². The number of H-pyrrole nitrogens is 1. The molecule has 0 radical (unpaired) electrons. The summed E-state index contributed by atoms with van der Waals surface area (Å²) in [5, 5.41) is 12.8. The van der Waals surface area contributed by atoms with Crippen molar-refractivity contribution in [2.75, 3.05) is 5.32 Å². The first-order valence-corrected chi connectivity index (χ1v) is 7.13. The van der Waals surface area contributed by atoms with Gasteiger partial charge in [-0.25, -0.2) is 4.79 Å². The number of fused-ring (bicyclic) bond motifs is 1. The molecule has 2 heterocycles. The van der Waals surface area contributed by atoms with Crippen molar-refractivity contribution in [2.24, 2.45) is 0 Å². The molecule has 3 rings (SSSR count). The van der Waals surface area contributed by atoms with E-state index in [1.165, 1.54) is 0 Å². The first kappa shape index (κ1) is 14.1. The Kier molecular flexibility index (Phi) is 3.55. The zero-order chi connectivity index (χ0) is 15.7. The second-order valence-corrected chi connectivity index (χ2v) is 5.15. The minimum absolute atomic E-state index is 0.234. The highest BCUT2D eigenvalue weighted by Gasteiger charge is 2.34. The van der Waals surface area contributed by atoms with Crippen molar-refractivity contribution in [3.05, 3.63) is 75.3 Å². The van der Waals surface area contributed by atoms with E-state index in [9.17, 15) is 14.7 Å². The molecule has 0 saturated carbocycles. The van der Waals surface area contributed by atoms with Gasteiger partial charge in [0.2, 0.25) is 0 Å². The van der Waals surface area contributed by atoms with Crippen molar-refractivity contribution in [1.82, 2.24) is 4.98 Å². The molecular weight excluding hydrogens is 280 g/mol. The Morgan fingerprint density at radius 3 is 2.59 bits per heavy atom. The number of hydrogen-bond donors (Lipinski definition) is 3. The van der Waals surface area contributed by atoms with Crippen LogP contribution in [-0.4, -0.2) is 16.1 Å². The Bertz CT molecular complexity index is 806. The number of benzene rings is 1. The molecule has 5 nitrogen and oxygen atoms in total. The Labute approximate surface area is 127 Å². The van der Waals surface area contributed by atoms with Crippen LogP contribution in [0.4, 0.5) is 5.69 Å². The lowest BCUT2D eigenvalue weighted by Gasteiger charge is -2.29. The van der Waals surface area contributed by atoms with Crippen LogP contribution in [-0.2, 0) is 4.79 Å². The monoisotopic (exact) mass is 296 g/mol. The molecule has 5 heteroatoms. The van der Waals surface area contributed by atoms with Crippen molar-refractivity contribution in [3.8, 4) is 0 Å². The fourth-order valence-electron chi connectivity index (χ4n) is 2.94. The maximum absolute atomic E-state index is 12.3. The van der Waals surface area contributed by atoms with E-state index < -0.39 is 11.9 Å². The number of aromatic amines is 1. The van der Waals surface area contributed by atoms with E-state index in [2.05, 4.69) is 10.3 Å². The third-order valence-electron chi connectivity index (χ3n) is 3.90. The predicted molar refractivity (Wildman–Crippen MR) is 83.9 cm³/mol. The summed E-state index contributed by atoms with van der Waals surface area (Å²) in [4.78, 5) is 26.8. The Balaban J connectivity index is 2.32. The molecule has 2 aromatic rings. The largest absolute Gasteiger partial charge is 0.478 e. The molecule has 1 unspecified atom stereocenters. The number of allylic oxidation sites excluding steroid dienone is 1. The van der Waals surface area contributed by atoms with E-state index in [-0.39, 0.29) is 11.1 Å². The summed E-state index contributed by atoms with van der Waals surface area (Å²) < 4.78 is 0. The highest BCUT2D eigenvalue weighted by atomic mass is 16.4. The van der Waals surface area contributed by atoms with Crippen LogP contribution < -0.4 is 10.9 Å². The van der Waals surface area contributed by atoms with Crippen LogP contribution in [0.1, 0.15) is 30.4 Å². The van der Waals surface area contributed by atoms with Gasteiger partial charge in [0.05, 0.1) is 17.1 Å². The highest BCUT2D eigenvalue weighted by molar-refractivity contribution is 5.93. The predicted octanol–water partition coefficient (Wildman–Crippen LogP) is 2.68. The second kappa shape index (κ2) is 5.52. The molecule has 3 N–H and O–H groups in total. The summed E-state index contributed by atoms with van der Waals surface area (Å²) >= 11 is 0. The Morgan fingerprint density at radius 1 is 1.23 bits per heavy atom. The minimum Gasteiger partial charge on any atom is -0.478 e. The summed E-state index contributed by atoms with van der Waals surface area (Å²) in [5.74, 6) is -1.58. The lowest BCUT2D eigenvalue weighted by atomic mass is 9.81. The molecule has 112 valence electrons. The van der Waals surface area contributed by atoms with E-state index in [4.69, 9.17) is 0 Å². The summed E-state index contributed by atoms with van der Waals surface area (Å²) in [7, 11) is 0. The van der Waals surface area contributed by atoms with Crippen LogP contribution in [0.5, 0.6) is 0 Å². The Hall–Kier alpha value is -2.82. The van der Waals surface area contributed by atoms with Crippen molar-refractivity contribution in [1.29, 1.82) is 0 Å². The number of nitrogens with one attached hydrogen (secondary N) is 2. The van der Waals surface area contributed by atoms with Crippen LogP contribution in [0.15, 0.2) is 58.7 Å². The van der Waals surface area contributed by atoms with E-state index >= 15 is 0 Å². The molecule has 0 saturated heterocycles. The van der Waals surface area contributed by atoms with Gasteiger partial charge in [0.1, 0.15) is 0 Å². The van der Waals surface area contributed by atoms with Crippen molar-refractivity contribution in [2.45, 2.75) is 19.3 Å². The average molecular weight is 296 g/mol. The molecule has 0 aliphatic carbocycles. The van der Waals surface area contributed by atoms with Gasteiger partial charge in [0.15, 0.2) is 0 Å². The third-order valence-corrected chi connectivity index (χ3v) is 3.90. The fourth-order valence-corrected chi connectivity index (χ4v) is 2.94. The van der Waals surface area contributed by atoms with Gasteiger partial charge in [-0.15, -0.1) is 0 Å². The number of rotatable bonds is 3. The van der Waals surface area contributed by atoms with Gasteiger partial charge in [0, 0.05) is 17.6 Å². The molecule has 1 aromatic heterocycles. The average Bonchev–Trinajstić information content (AvgIpc) is 2.54. The lowest BCUT2D eigenvalue weighted by molar-refractivity contribution is -0.133. The molecule has 1 aliphatic rings. The van der Waals surface area contributed by atoms with Crippen LogP contribution in [0.2, 0.25) is 0 Å². The minimum atomic E-state index is -1.01. The van der Waals surface area contributed by atoms with Gasteiger partial charge in [-0.2, -0.15) is 0 Å². The molecule has 0 bridgehead atoms. The van der Waals surface area contributed by atoms with Crippen LogP contribution in [0.3, 0.4) is 0 Å². The Morgan fingerprint density at radius 2 is 1.95 bits per heavy atom. The molecule has 0 spiro atoms. The first-order chi connectivity index (χ1) is 10.6. The number of carboxylic acids is 1. The zero-order valence-electron chi connectivity index (χ0n) is 12.1. The number of anilines is 1. The van der Waals surface area contributed by atoms with Gasteiger partial charge in [-0.3, -0.25) is 4.79 Å². The molecular formula is C17H16N2O3. The van der Waals surface area contributed by atoms with Gasteiger partial charge < -0.3 is 15.4 Å². The quantitative estimate of drug-likeness (QED) is 0.813. The number of aromatic nitrogens is 1. The molecule has 0 fully saturated rings. The van der Waals surface area contributed by atoms with Crippen molar-refractivity contribution < 1.29 is 9.90 Å². The van der Waals surface area contributed by atoms with Crippen molar-refractivity contribution >= 4 is 11.7 Å². The maximum Gasteiger partial charge on any atom is 0.334 e. The molecule has 1 aliphatic heterocycles. The van der Waals surface area contributed by atoms with Gasteiger partial charge in [-0.1, -0.05) is 37.3 Å². The molecule has 22 heavy (non-hydrogen) atoms. The zero-order valence-corrected chi connectivity index (χ0v) is 12.1. The van der Waals surface area contributed by atoms with Gasteiger partial charge >= 0.3 is 5.97 Å². The standard InChI is InChI=1S/C17H16N2O3/c1-2-11-15(17(21)22)13(10-6-4-3-5-7-10)14-12(19-11)8-9-18-16(14)20/h3-9,13,19H,2H2,1H3,(H,18,20)(H,21,22). The van der Waals surface area contributed by atoms with Crippen LogP contribution >= 0.6 is 0 Å². The number of pyridine rings is 1. The third kappa shape index (κ3) is 2.20. The van der Waals surface area contributed by atoms with Crippen LogP contribution in [0, 0.1) is 0 Å². The molecule has 0 amide bonds. The summed E-state index contributed by atoms with van der Waals surface area (Å²) in [5.41, 5.74) is 2.51. The normalized spacial score (nSPS) is 16.9. The second-order valence-electron chi connectivity index (χ2n) is 5.15. The maximum atomic E-state index is 12.3. The lowest BCUT2D eigenvalue weighted by Crippen LogP contribution is -2.29. The number of carbonyl (C=O) groups is 1. The summed E-state index contributed by atoms with van der Waals surface area (Å²) in [6, 6.07) is 11.0. The van der Waals surface area contributed by atoms with Gasteiger partial charge in [0.25, 0.3) is 5.56 Å². The summed E-state index contributed by atoms with van der Waals surface area (Å²) in [6.07, 6.45) is 2.12. The van der Waals surface area contributed by atoms with E-state index in [1.807, 2.05) is 37.3 Å². The van der Waals surface area contributed by atoms with E-state index in [0.717, 1.165) is 5.56 Å². The van der Waals surface area contributed by atoms with Crippen LogP contribution in [0.25, 0.3) is 0 Å². The smallest absolute Gasteiger partial charge is 0.334 e. The SMILES string of the molecule is CCC1=C(C(=O)O)C(c2ccccc2)c2c(cc[nH]c2=O)N1. The number of hydrogen-bond acceptors (Lipinski definition) is 3. The number of carboxylic acid groups (broad SMARTS) is 1. The molecule has 1 aromatic carbocycles. The first-order valence-electron chi connectivity index (χ1n) is 7.13. The summed E-state index contributed by atoms with van der Waals surface area (Å²) in [6.45, 7) is 1.89.